The van der Waals surface area contributed by atoms with E-state index in [0.29, 0.717) is 5.41 Å². The smallest absolute Gasteiger partial charge is 0.170 e. The Hall–Kier alpha value is -1.55. The fourth-order valence-corrected chi connectivity index (χ4v) is 2.55. The van der Waals surface area contributed by atoms with Crippen LogP contribution in [-0.4, -0.2) is 17.6 Å². The van der Waals surface area contributed by atoms with Crippen LogP contribution in [0.4, 0.5) is 0 Å². The minimum absolute atomic E-state index is 0.152. The minimum atomic E-state index is 0.152. The van der Waals surface area contributed by atoms with Gasteiger partial charge in [0.2, 0.25) is 0 Å². The fourth-order valence-electron chi connectivity index (χ4n) is 2.55. The number of hydrogen-bond donors (Lipinski definition) is 3. The van der Waals surface area contributed by atoms with Crippen molar-refractivity contribution in [1.29, 1.82) is 0 Å². The second kappa shape index (κ2) is 6.06. The number of oxime groups is 1. The second-order valence-electron chi connectivity index (χ2n) is 5.54. The Morgan fingerprint density at radius 1 is 1.37 bits per heavy atom. The summed E-state index contributed by atoms with van der Waals surface area (Å²) in [6.45, 7) is 4.25. The minimum Gasteiger partial charge on any atom is -0.409 e. The normalized spacial score (nSPS) is 17.4. The third-order valence-electron chi connectivity index (χ3n) is 3.92. The summed E-state index contributed by atoms with van der Waals surface area (Å²) in [6, 6.07) is 7.79. The van der Waals surface area contributed by atoms with Crippen LogP contribution in [0.1, 0.15) is 43.7 Å². The molecular weight excluding hydrogens is 238 g/mol. The highest BCUT2D eigenvalue weighted by Crippen LogP contribution is 2.48. The first-order valence-electron chi connectivity index (χ1n) is 6.97. The van der Waals surface area contributed by atoms with Gasteiger partial charge in [-0.15, -0.1) is 0 Å². The Bertz CT molecular complexity index is 435. The predicted molar refractivity (Wildman–Crippen MR) is 77.2 cm³/mol. The van der Waals surface area contributed by atoms with Crippen LogP contribution in [0.5, 0.6) is 0 Å². The maximum Gasteiger partial charge on any atom is 0.170 e. The summed E-state index contributed by atoms with van der Waals surface area (Å²) in [5, 5.41) is 15.1. The standard InChI is InChI=1S/C15H23N3O/c1-2-7-15(8-9-15)11-17-10-12-3-5-13(6-4-12)14(16)18-19/h3-6,17,19H,2,7-11H2,1H3,(H2,16,18). The zero-order chi connectivity index (χ0) is 13.7. The second-order valence-corrected chi connectivity index (χ2v) is 5.54. The first-order chi connectivity index (χ1) is 9.19. The van der Waals surface area contributed by atoms with Gasteiger partial charge in [-0.25, -0.2) is 0 Å². The number of nitrogens with two attached hydrogens (primary N) is 1. The fraction of sp³-hybridized carbons (Fsp3) is 0.533. The molecule has 1 aliphatic carbocycles. The monoisotopic (exact) mass is 261 g/mol. The van der Waals surface area contributed by atoms with Gasteiger partial charge in [0.05, 0.1) is 0 Å². The van der Waals surface area contributed by atoms with Gasteiger partial charge in [-0.3, -0.25) is 0 Å². The molecule has 1 aliphatic rings. The van der Waals surface area contributed by atoms with E-state index in [1.165, 1.54) is 31.2 Å². The van der Waals surface area contributed by atoms with Gasteiger partial charge in [-0.2, -0.15) is 0 Å². The van der Waals surface area contributed by atoms with Crippen molar-refractivity contribution < 1.29 is 5.21 Å². The third kappa shape index (κ3) is 3.70. The molecule has 0 aromatic heterocycles. The van der Waals surface area contributed by atoms with Crippen LogP contribution in [0.15, 0.2) is 29.4 Å². The molecule has 1 saturated carbocycles. The van der Waals surface area contributed by atoms with Crippen molar-refractivity contribution in [3.8, 4) is 0 Å². The van der Waals surface area contributed by atoms with Gasteiger partial charge >= 0.3 is 0 Å². The van der Waals surface area contributed by atoms with Crippen molar-refractivity contribution >= 4 is 5.84 Å². The largest absolute Gasteiger partial charge is 0.409 e. The van der Waals surface area contributed by atoms with E-state index in [9.17, 15) is 0 Å². The summed E-state index contributed by atoms with van der Waals surface area (Å²) < 4.78 is 0. The lowest BCUT2D eigenvalue weighted by atomic mass is 10.0. The molecular formula is C15H23N3O. The van der Waals surface area contributed by atoms with Gasteiger partial charge in [0.1, 0.15) is 0 Å². The van der Waals surface area contributed by atoms with E-state index in [0.717, 1.165) is 18.7 Å². The Labute approximate surface area is 114 Å². The molecule has 0 spiro atoms. The quantitative estimate of drug-likeness (QED) is 0.305. The first kappa shape index (κ1) is 13.9. The molecule has 0 bridgehead atoms. The highest BCUT2D eigenvalue weighted by atomic mass is 16.4. The van der Waals surface area contributed by atoms with Crippen molar-refractivity contribution in [3.05, 3.63) is 35.4 Å². The number of rotatable bonds is 7. The van der Waals surface area contributed by atoms with Crippen LogP contribution < -0.4 is 11.1 Å². The van der Waals surface area contributed by atoms with E-state index >= 15 is 0 Å². The highest BCUT2D eigenvalue weighted by Gasteiger charge is 2.40. The number of nitrogens with zero attached hydrogens (tertiary/aromatic N) is 1. The van der Waals surface area contributed by atoms with Gasteiger partial charge in [0, 0.05) is 18.7 Å². The first-order valence-corrected chi connectivity index (χ1v) is 6.97. The molecule has 0 unspecified atom stereocenters. The number of hydrogen-bond acceptors (Lipinski definition) is 3. The van der Waals surface area contributed by atoms with Gasteiger partial charge in [-0.05, 0) is 30.2 Å². The van der Waals surface area contributed by atoms with Gasteiger partial charge in [-0.1, -0.05) is 42.8 Å². The van der Waals surface area contributed by atoms with Crippen molar-refractivity contribution in [2.45, 2.75) is 39.2 Å². The average Bonchev–Trinajstić information content (AvgIpc) is 3.19. The Morgan fingerprint density at radius 3 is 2.58 bits per heavy atom. The number of amidine groups is 1. The average molecular weight is 261 g/mol. The van der Waals surface area contributed by atoms with E-state index in [-0.39, 0.29) is 5.84 Å². The number of nitrogens with one attached hydrogen (secondary N) is 1. The molecule has 19 heavy (non-hydrogen) atoms. The molecule has 0 amide bonds. The molecule has 4 nitrogen and oxygen atoms in total. The molecule has 4 heteroatoms. The summed E-state index contributed by atoms with van der Waals surface area (Å²) in [7, 11) is 0. The number of benzene rings is 1. The van der Waals surface area contributed by atoms with Crippen LogP contribution >= 0.6 is 0 Å². The molecule has 0 radical (unpaired) electrons. The zero-order valence-corrected chi connectivity index (χ0v) is 11.5. The third-order valence-corrected chi connectivity index (χ3v) is 3.92. The lowest BCUT2D eigenvalue weighted by molar-refractivity contribution is 0.318. The Kier molecular flexibility index (Phi) is 4.43. The zero-order valence-electron chi connectivity index (χ0n) is 11.5. The Balaban J connectivity index is 1.80. The molecule has 104 valence electrons. The molecule has 1 fully saturated rings. The van der Waals surface area contributed by atoms with Gasteiger partial charge in [0.25, 0.3) is 0 Å². The van der Waals surface area contributed by atoms with Crippen molar-refractivity contribution in [1.82, 2.24) is 5.32 Å². The SMILES string of the molecule is CCCC1(CNCc2ccc(/C(N)=N/O)cc2)CC1. The van der Waals surface area contributed by atoms with E-state index in [1.807, 2.05) is 24.3 Å². The van der Waals surface area contributed by atoms with Crippen LogP contribution in [-0.2, 0) is 6.54 Å². The van der Waals surface area contributed by atoms with Gasteiger partial charge < -0.3 is 16.3 Å². The lowest BCUT2D eigenvalue weighted by Crippen LogP contribution is -2.23. The van der Waals surface area contributed by atoms with Crippen LogP contribution in [0.3, 0.4) is 0 Å². The van der Waals surface area contributed by atoms with Crippen molar-refractivity contribution in [2.24, 2.45) is 16.3 Å². The summed E-state index contributed by atoms with van der Waals surface area (Å²) in [5.41, 5.74) is 8.08. The van der Waals surface area contributed by atoms with Crippen LogP contribution in [0.2, 0.25) is 0 Å². The van der Waals surface area contributed by atoms with Crippen LogP contribution in [0.25, 0.3) is 0 Å². The summed E-state index contributed by atoms with van der Waals surface area (Å²) in [6.07, 6.45) is 5.35. The summed E-state index contributed by atoms with van der Waals surface area (Å²) in [5.74, 6) is 0.152. The summed E-state index contributed by atoms with van der Waals surface area (Å²) in [4.78, 5) is 0. The predicted octanol–water partition coefficient (Wildman–Crippen LogP) is 2.45. The lowest BCUT2D eigenvalue weighted by Gasteiger charge is -2.15. The Morgan fingerprint density at radius 2 is 2.05 bits per heavy atom. The van der Waals surface area contributed by atoms with E-state index in [2.05, 4.69) is 17.4 Å². The molecule has 0 heterocycles. The maximum atomic E-state index is 8.60. The van der Waals surface area contributed by atoms with E-state index in [1.54, 1.807) is 0 Å². The molecule has 0 saturated heterocycles. The van der Waals surface area contributed by atoms with Gasteiger partial charge in [0.15, 0.2) is 5.84 Å². The van der Waals surface area contributed by atoms with E-state index < -0.39 is 0 Å². The molecule has 1 aromatic rings. The molecule has 4 N–H and O–H groups in total. The van der Waals surface area contributed by atoms with Crippen molar-refractivity contribution in [2.75, 3.05) is 6.54 Å². The van der Waals surface area contributed by atoms with Crippen molar-refractivity contribution in [3.63, 3.8) is 0 Å². The highest BCUT2D eigenvalue weighted by molar-refractivity contribution is 5.96. The molecule has 0 atom stereocenters. The molecule has 0 aliphatic heterocycles. The van der Waals surface area contributed by atoms with Crippen LogP contribution in [0, 0.1) is 5.41 Å². The molecule has 1 aromatic carbocycles. The van der Waals surface area contributed by atoms with E-state index in [4.69, 9.17) is 10.9 Å². The molecule has 2 rings (SSSR count). The topological polar surface area (TPSA) is 70.6 Å². The maximum absolute atomic E-state index is 8.60. The summed E-state index contributed by atoms with van der Waals surface area (Å²) >= 11 is 0.